The van der Waals surface area contributed by atoms with E-state index in [1.54, 1.807) is 16.7 Å². The highest BCUT2D eigenvalue weighted by Gasteiger charge is 2.43. The Morgan fingerprint density at radius 1 is 1.22 bits per heavy atom. The highest BCUT2D eigenvalue weighted by Crippen LogP contribution is 2.32. The van der Waals surface area contributed by atoms with Crippen LogP contribution in [-0.4, -0.2) is 59.8 Å². The summed E-state index contributed by atoms with van der Waals surface area (Å²) in [5, 5.41) is 29.6. The number of nitrogens with one attached hydrogen (secondary N) is 1. The van der Waals surface area contributed by atoms with Crippen LogP contribution < -0.4 is 5.56 Å². The van der Waals surface area contributed by atoms with Crippen LogP contribution >= 0.6 is 0 Å². The van der Waals surface area contributed by atoms with Gasteiger partial charge in [0, 0.05) is 0 Å². The van der Waals surface area contributed by atoms with E-state index in [0.717, 1.165) is 0 Å². The topological polar surface area (TPSA) is 133 Å². The predicted molar refractivity (Wildman–Crippen MR) is 78.7 cm³/mol. The van der Waals surface area contributed by atoms with Gasteiger partial charge in [0.25, 0.3) is 5.56 Å². The fourth-order valence-corrected chi connectivity index (χ4v) is 2.90. The first-order valence-corrected chi connectivity index (χ1v) is 7.06. The predicted octanol–water partition coefficient (Wildman–Crippen LogP) is -1.12. The summed E-state index contributed by atoms with van der Waals surface area (Å²) in [5.74, 6) is 0. The quantitative estimate of drug-likeness (QED) is 0.470. The maximum Gasteiger partial charge on any atom is 0.258 e. The minimum atomic E-state index is -1.20. The van der Waals surface area contributed by atoms with Crippen LogP contribution in [0, 0.1) is 0 Å². The van der Waals surface area contributed by atoms with Crippen molar-refractivity contribution in [2.45, 2.75) is 24.5 Å². The Morgan fingerprint density at radius 2 is 2.04 bits per heavy atom. The van der Waals surface area contributed by atoms with E-state index in [0.29, 0.717) is 21.9 Å². The first-order valence-electron chi connectivity index (χ1n) is 7.06. The number of fused-ring (bicyclic) bond motifs is 2. The number of aromatic amines is 1. The number of hydrogen-bond donors (Lipinski definition) is 4. The Hall–Kier alpha value is -2.33. The third-order valence-corrected chi connectivity index (χ3v) is 4.13. The number of benzene rings is 1. The number of aromatic nitrogens is 4. The van der Waals surface area contributed by atoms with Crippen molar-refractivity contribution in [1.82, 2.24) is 19.5 Å². The van der Waals surface area contributed by atoms with E-state index < -0.39 is 31.1 Å². The summed E-state index contributed by atoms with van der Waals surface area (Å²) in [5.41, 5.74) is 1.35. The number of imidazole rings is 1. The molecule has 120 valence electrons. The molecule has 1 aliphatic rings. The second-order valence-electron chi connectivity index (χ2n) is 5.47. The van der Waals surface area contributed by atoms with Gasteiger partial charge in [-0.25, -0.2) is 9.97 Å². The molecule has 3 aromatic rings. The summed E-state index contributed by atoms with van der Waals surface area (Å²) in [4.78, 5) is 22.6. The van der Waals surface area contributed by atoms with Gasteiger partial charge in [0.1, 0.15) is 18.3 Å². The Labute approximate surface area is 128 Å². The number of nitrogens with zero attached hydrogens (tertiary/aromatic N) is 3. The van der Waals surface area contributed by atoms with Crippen molar-refractivity contribution < 1.29 is 20.1 Å². The maximum absolute atomic E-state index is 11.8. The lowest BCUT2D eigenvalue weighted by Gasteiger charge is -2.17. The largest absolute Gasteiger partial charge is 0.394 e. The summed E-state index contributed by atoms with van der Waals surface area (Å²) in [7, 11) is 0. The van der Waals surface area contributed by atoms with Crippen LogP contribution in [0.5, 0.6) is 0 Å². The van der Waals surface area contributed by atoms with Gasteiger partial charge in [-0.05, 0) is 12.1 Å². The molecule has 23 heavy (non-hydrogen) atoms. The molecule has 0 spiro atoms. The molecule has 0 bridgehead atoms. The van der Waals surface area contributed by atoms with Gasteiger partial charge in [-0.2, -0.15) is 0 Å². The van der Waals surface area contributed by atoms with E-state index in [4.69, 9.17) is 4.74 Å². The summed E-state index contributed by atoms with van der Waals surface area (Å²) < 4.78 is 7.06. The lowest BCUT2D eigenvalue weighted by molar-refractivity contribution is -0.0508. The molecule has 0 aliphatic carbocycles. The smallest absolute Gasteiger partial charge is 0.258 e. The van der Waals surface area contributed by atoms with Crippen LogP contribution in [0.4, 0.5) is 0 Å². The third kappa shape index (κ3) is 2.05. The highest BCUT2D eigenvalue weighted by molar-refractivity contribution is 5.92. The van der Waals surface area contributed by atoms with Gasteiger partial charge < -0.3 is 29.6 Å². The molecule has 1 aromatic carbocycles. The minimum absolute atomic E-state index is 0.264. The molecule has 0 saturated carbocycles. The van der Waals surface area contributed by atoms with Gasteiger partial charge >= 0.3 is 0 Å². The fourth-order valence-electron chi connectivity index (χ4n) is 2.90. The summed E-state index contributed by atoms with van der Waals surface area (Å²) >= 11 is 0. The Balaban J connectivity index is 1.87. The maximum atomic E-state index is 11.8. The van der Waals surface area contributed by atoms with Crippen molar-refractivity contribution in [1.29, 1.82) is 0 Å². The zero-order chi connectivity index (χ0) is 16.1. The molecule has 9 nitrogen and oxygen atoms in total. The normalized spacial score (nSPS) is 28.0. The number of rotatable bonds is 2. The van der Waals surface area contributed by atoms with E-state index >= 15 is 0 Å². The van der Waals surface area contributed by atoms with Gasteiger partial charge in [-0.3, -0.25) is 4.79 Å². The van der Waals surface area contributed by atoms with E-state index in [9.17, 15) is 20.1 Å². The lowest BCUT2D eigenvalue weighted by Crippen LogP contribution is -2.33. The van der Waals surface area contributed by atoms with E-state index in [-0.39, 0.29) is 5.56 Å². The molecule has 1 aliphatic heterocycles. The molecule has 2 aromatic heterocycles. The molecule has 0 amide bonds. The SMILES string of the molecule is O=c1[nH]cnc2cc3c(cc12)ncn3[C@@H]1O[C@H](CO)[C@@H](O)[C@H]1O. The molecular weight excluding hydrogens is 304 g/mol. The van der Waals surface area contributed by atoms with Crippen LogP contribution in [0.1, 0.15) is 6.23 Å². The van der Waals surface area contributed by atoms with Gasteiger partial charge in [0.15, 0.2) is 6.23 Å². The highest BCUT2D eigenvalue weighted by atomic mass is 16.6. The zero-order valence-electron chi connectivity index (χ0n) is 11.8. The van der Waals surface area contributed by atoms with Gasteiger partial charge in [-0.1, -0.05) is 0 Å². The molecule has 9 heteroatoms. The number of ether oxygens (including phenoxy) is 1. The molecule has 4 N–H and O–H groups in total. The monoisotopic (exact) mass is 318 g/mol. The number of H-pyrrole nitrogens is 1. The molecule has 1 fully saturated rings. The van der Waals surface area contributed by atoms with Gasteiger partial charge in [0.05, 0.1) is 41.2 Å². The number of aliphatic hydroxyl groups is 3. The van der Waals surface area contributed by atoms with E-state index in [2.05, 4.69) is 15.0 Å². The van der Waals surface area contributed by atoms with Crippen molar-refractivity contribution in [2.75, 3.05) is 6.61 Å². The molecular formula is C14H14N4O5. The lowest BCUT2D eigenvalue weighted by atomic mass is 10.1. The van der Waals surface area contributed by atoms with Crippen molar-refractivity contribution in [3.05, 3.63) is 35.1 Å². The number of hydrogen-bond acceptors (Lipinski definition) is 7. The van der Waals surface area contributed by atoms with E-state index in [1.165, 1.54) is 12.7 Å². The van der Waals surface area contributed by atoms with Crippen LogP contribution in [0.3, 0.4) is 0 Å². The Kier molecular flexibility index (Phi) is 3.16. The average Bonchev–Trinajstić information content (AvgIpc) is 3.08. The average molecular weight is 318 g/mol. The number of aliphatic hydroxyl groups excluding tert-OH is 3. The van der Waals surface area contributed by atoms with Crippen LogP contribution in [0.15, 0.2) is 29.6 Å². The molecule has 4 atom stereocenters. The summed E-state index contributed by atoms with van der Waals surface area (Å²) in [6, 6.07) is 3.27. The molecule has 0 unspecified atom stereocenters. The minimum Gasteiger partial charge on any atom is -0.394 e. The Morgan fingerprint density at radius 3 is 2.78 bits per heavy atom. The van der Waals surface area contributed by atoms with Gasteiger partial charge in [-0.15, -0.1) is 0 Å². The Bertz CT molecular complexity index is 936. The summed E-state index contributed by atoms with van der Waals surface area (Å²) in [6.45, 7) is -0.402. The molecule has 4 rings (SSSR count). The summed E-state index contributed by atoms with van der Waals surface area (Å²) in [6.07, 6.45) is -1.38. The second-order valence-corrected chi connectivity index (χ2v) is 5.47. The molecule has 1 saturated heterocycles. The first-order chi connectivity index (χ1) is 11.1. The van der Waals surface area contributed by atoms with Crippen molar-refractivity contribution in [3.8, 4) is 0 Å². The van der Waals surface area contributed by atoms with Crippen molar-refractivity contribution in [2.24, 2.45) is 0 Å². The third-order valence-electron chi connectivity index (χ3n) is 4.13. The molecule has 3 heterocycles. The van der Waals surface area contributed by atoms with Gasteiger partial charge in [0.2, 0.25) is 0 Å². The molecule has 0 radical (unpaired) electrons. The van der Waals surface area contributed by atoms with Crippen LogP contribution in [-0.2, 0) is 4.74 Å². The van der Waals surface area contributed by atoms with Crippen molar-refractivity contribution in [3.63, 3.8) is 0 Å². The standard InChI is InChI=1S/C14H14N4O5/c19-3-10-11(20)12(21)14(23-10)18-5-17-8-1-6-7(2-9(8)18)15-4-16-13(6)22/h1-2,4-5,10-12,14,19-21H,3H2,(H,15,16,22)/t10-,11-,12-,14-/m1/s1. The van der Waals surface area contributed by atoms with Crippen LogP contribution in [0.25, 0.3) is 21.9 Å². The van der Waals surface area contributed by atoms with E-state index in [1.807, 2.05) is 0 Å². The van der Waals surface area contributed by atoms with Crippen LogP contribution in [0.2, 0.25) is 0 Å². The fraction of sp³-hybridized carbons (Fsp3) is 0.357. The zero-order valence-corrected chi connectivity index (χ0v) is 11.8. The van der Waals surface area contributed by atoms with Crippen molar-refractivity contribution >= 4 is 21.9 Å². The second kappa shape index (κ2) is 5.10. The first kappa shape index (κ1) is 14.3.